The van der Waals surface area contributed by atoms with Crippen LogP contribution < -0.4 is 10.1 Å². The summed E-state index contributed by atoms with van der Waals surface area (Å²) in [6.07, 6.45) is 0. The minimum absolute atomic E-state index is 0.00923. The van der Waals surface area contributed by atoms with Crippen molar-refractivity contribution in [2.24, 2.45) is 0 Å². The lowest BCUT2D eigenvalue weighted by Crippen LogP contribution is -2.36. The van der Waals surface area contributed by atoms with E-state index < -0.39 is 0 Å². The van der Waals surface area contributed by atoms with Crippen LogP contribution in [0.1, 0.15) is 18.1 Å². The van der Waals surface area contributed by atoms with Crippen LogP contribution in [0.3, 0.4) is 0 Å². The van der Waals surface area contributed by atoms with Gasteiger partial charge in [0.1, 0.15) is 12.3 Å². The summed E-state index contributed by atoms with van der Waals surface area (Å²) in [5, 5.41) is 2.82. The number of benzene rings is 2. The van der Waals surface area contributed by atoms with E-state index in [1.165, 1.54) is 11.8 Å². The number of rotatable bonds is 6. The largest absolute Gasteiger partial charge is 0.497 e. The third-order valence-corrected chi connectivity index (χ3v) is 3.61. The Hall–Kier alpha value is -2.82. The Labute approximate surface area is 142 Å². The fourth-order valence-corrected chi connectivity index (χ4v) is 2.33. The van der Waals surface area contributed by atoms with E-state index >= 15 is 0 Å². The molecule has 0 aliphatic rings. The van der Waals surface area contributed by atoms with Crippen LogP contribution in [0.4, 0.5) is 5.69 Å². The maximum absolute atomic E-state index is 12.2. The number of hydrogen-bond acceptors (Lipinski definition) is 3. The number of nitrogens with zero attached hydrogens (tertiary/aromatic N) is 1. The summed E-state index contributed by atoms with van der Waals surface area (Å²) in [6.45, 7) is 3.81. The normalized spacial score (nSPS) is 10.1. The van der Waals surface area contributed by atoms with Crippen molar-refractivity contribution in [2.45, 2.75) is 20.4 Å². The molecule has 0 unspecified atom stereocenters. The lowest BCUT2D eigenvalue weighted by atomic mass is 10.2. The maximum Gasteiger partial charge on any atom is 0.244 e. The summed E-state index contributed by atoms with van der Waals surface area (Å²) in [6, 6.07) is 15.0. The average molecular weight is 326 g/mol. The summed E-state index contributed by atoms with van der Waals surface area (Å²) in [5.74, 6) is 0.389. The molecule has 0 saturated carbocycles. The Morgan fingerprint density at radius 2 is 1.83 bits per heavy atom. The standard InChI is InChI=1S/C19H22N2O3/c1-14-5-4-6-17(11-14)20-19(23)13-21(15(2)22)12-16-7-9-18(24-3)10-8-16/h4-11H,12-13H2,1-3H3,(H,20,23). The summed E-state index contributed by atoms with van der Waals surface area (Å²) in [7, 11) is 1.60. The molecule has 0 aliphatic heterocycles. The second kappa shape index (κ2) is 8.15. The number of amides is 2. The molecule has 126 valence electrons. The van der Waals surface area contributed by atoms with Crippen molar-refractivity contribution in [3.8, 4) is 5.75 Å². The predicted octanol–water partition coefficient (Wildman–Crippen LogP) is 2.99. The summed E-state index contributed by atoms with van der Waals surface area (Å²) in [4.78, 5) is 25.5. The second-order valence-electron chi connectivity index (χ2n) is 5.64. The molecular weight excluding hydrogens is 304 g/mol. The quantitative estimate of drug-likeness (QED) is 0.888. The minimum Gasteiger partial charge on any atom is -0.497 e. The van der Waals surface area contributed by atoms with Crippen LogP contribution in [0.25, 0.3) is 0 Å². The van der Waals surface area contributed by atoms with Crippen LogP contribution in [0, 0.1) is 6.92 Å². The molecule has 24 heavy (non-hydrogen) atoms. The monoisotopic (exact) mass is 326 g/mol. The van der Waals surface area contributed by atoms with Gasteiger partial charge in [-0.25, -0.2) is 0 Å². The Morgan fingerprint density at radius 1 is 1.12 bits per heavy atom. The number of carbonyl (C=O) groups is 2. The van der Waals surface area contributed by atoms with E-state index in [9.17, 15) is 9.59 Å². The van der Waals surface area contributed by atoms with Crippen LogP contribution in [0.15, 0.2) is 48.5 Å². The van der Waals surface area contributed by atoms with Crippen LogP contribution in [0.2, 0.25) is 0 Å². The Morgan fingerprint density at radius 3 is 2.42 bits per heavy atom. The molecule has 0 aliphatic carbocycles. The second-order valence-corrected chi connectivity index (χ2v) is 5.64. The van der Waals surface area contributed by atoms with E-state index in [0.717, 1.165) is 22.6 Å². The van der Waals surface area contributed by atoms with Gasteiger partial charge in [0.2, 0.25) is 11.8 Å². The molecule has 0 saturated heterocycles. The lowest BCUT2D eigenvalue weighted by molar-refractivity contribution is -0.133. The maximum atomic E-state index is 12.2. The van der Waals surface area contributed by atoms with Gasteiger partial charge in [-0.3, -0.25) is 9.59 Å². The van der Waals surface area contributed by atoms with Gasteiger partial charge in [0.15, 0.2) is 0 Å². The van der Waals surface area contributed by atoms with Crippen molar-refractivity contribution < 1.29 is 14.3 Å². The van der Waals surface area contributed by atoms with Crippen molar-refractivity contribution in [3.05, 3.63) is 59.7 Å². The summed E-state index contributed by atoms with van der Waals surface area (Å²) >= 11 is 0. The van der Waals surface area contributed by atoms with Gasteiger partial charge in [0.05, 0.1) is 7.11 Å². The SMILES string of the molecule is COc1ccc(CN(CC(=O)Nc2cccc(C)c2)C(C)=O)cc1. The number of aryl methyl sites for hydroxylation is 1. The highest BCUT2D eigenvalue weighted by atomic mass is 16.5. The van der Waals surface area contributed by atoms with Gasteiger partial charge in [0, 0.05) is 19.2 Å². The van der Waals surface area contributed by atoms with E-state index in [4.69, 9.17) is 4.74 Å². The smallest absolute Gasteiger partial charge is 0.244 e. The fourth-order valence-electron chi connectivity index (χ4n) is 2.33. The van der Waals surface area contributed by atoms with Gasteiger partial charge in [-0.1, -0.05) is 24.3 Å². The van der Waals surface area contributed by atoms with Crippen molar-refractivity contribution >= 4 is 17.5 Å². The van der Waals surface area contributed by atoms with Crippen LogP contribution >= 0.6 is 0 Å². The Kier molecular flexibility index (Phi) is 5.95. The summed E-state index contributed by atoms with van der Waals surface area (Å²) < 4.78 is 5.12. The zero-order chi connectivity index (χ0) is 17.5. The molecule has 0 aromatic heterocycles. The molecule has 2 amide bonds. The van der Waals surface area contributed by atoms with E-state index in [2.05, 4.69) is 5.32 Å². The lowest BCUT2D eigenvalue weighted by Gasteiger charge is -2.21. The molecule has 2 aromatic carbocycles. The Balaban J connectivity index is 1.99. The van der Waals surface area contributed by atoms with Crippen molar-refractivity contribution in [1.82, 2.24) is 4.90 Å². The van der Waals surface area contributed by atoms with Gasteiger partial charge >= 0.3 is 0 Å². The summed E-state index contributed by atoms with van der Waals surface area (Å²) in [5.41, 5.74) is 2.73. The molecule has 1 N–H and O–H groups in total. The molecule has 0 atom stereocenters. The highest BCUT2D eigenvalue weighted by Crippen LogP contribution is 2.14. The third-order valence-electron chi connectivity index (χ3n) is 3.61. The zero-order valence-corrected chi connectivity index (χ0v) is 14.2. The first-order valence-corrected chi connectivity index (χ1v) is 7.73. The van der Waals surface area contributed by atoms with E-state index in [1.807, 2.05) is 55.5 Å². The number of carbonyl (C=O) groups excluding carboxylic acids is 2. The molecule has 0 bridgehead atoms. The number of methoxy groups -OCH3 is 1. The number of hydrogen-bond donors (Lipinski definition) is 1. The zero-order valence-electron chi connectivity index (χ0n) is 14.2. The first-order chi connectivity index (χ1) is 11.5. The van der Waals surface area contributed by atoms with Gasteiger partial charge in [-0.05, 0) is 42.3 Å². The highest BCUT2D eigenvalue weighted by Gasteiger charge is 2.14. The fraction of sp³-hybridized carbons (Fsp3) is 0.263. The van der Waals surface area contributed by atoms with Gasteiger partial charge < -0.3 is 15.0 Å². The molecule has 0 heterocycles. The highest BCUT2D eigenvalue weighted by molar-refractivity contribution is 5.94. The third kappa shape index (κ3) is 5.12. The van der Waals surface area contributed by atoms with E-state index in [0.29, 0.717) is 6.54 Å². The number of nitrogens with one attached hydrogen (secondary N) is 1. The van der Waals surface area contributed by atoms with Crippen molar-refractivity contribution in [3.63, 3.8) is 0 Å². The molecule has 0 fully saturated rings. The first-order valence-electron chi connectivity index (χ1n) is 7.73. The number of ether oxygens (including phenoxy) is 1. The molecule has 2 rings (SSSR count). The van der Waals surface area contributed by atoms with Gasteiger partial charge in [-0.15, -0.1) is 0 Å². The molecule has 2 aromatic rings. The molecule has 5 heteroatoms. The minimum atomic E-state index is -0.218. The number of anilines is 1. The van der Waals surface area contributed by atoms with Crippen LogP contribution in [0.5, 0.6) is 5.75 Å². The average Bonchev–Trinajstić information content (AvgIpc) is 2.54. The first kappa shape index (κ1) is 17.5. The molecule has 0 radical (unpaired) electrons. The Bertz CT molecular complexity index is 711. The predicted molar refractivity (Wildman–Crippen MR) is 93.9 cm³/mol. The van der Waals surface area contributed by atoms with Gasteiger partial charge in [-0.2, -0.15) is 0 Å². The van der Waals surface area contributed by atoms with Crippen LogP contribution in [-0.4, -0.2) is 30.4 Å². The van der Waals surface area contributed by atoms with Gasteiger partial charge in [0.25, 0.3) is 0 Å². The van der Waals surface area contributed by atoms with Crippen molar-refractivity contribution in [1.29, 1.82) is 0 Å². The topological polar surface area (TPSA) is 58.6 Å². The van der Waals surface area contributed by atoms with E-state index in [1.54, 1.807) is 7.11 Å². The molecule has 0 spiro atoms. The molecular formula is C19H22N2O3. The molecule has 5 nitrogen and oxygen atoms in total. The van der Waals surface area contributed by atoms with Crippen molar-refractivity contribution in [2.75, 3.05) is 19.0 Å². The van der Waals surface area contributed by atoms with E-state index in [-0.39, 0.29) is 18.4 Å². The van der Waals surface area contributed by atoms with Crippen LogP contribution in [-0.2, 0) is 16.1 Å².